The largest absolute Gasteiger partial charge is 0.351 e. The summed E-state index contributed by atoms with van der Waals surface area (Å²) in [5, 5.41) is 4.09. The van der Waals surface area contributed by atoms with Gasteiger partial charge in [0, 0.05) is 34.6 Å². The van der Waals surface area contributed by atoms with Crippen LogP contribution in [0.1, 0.15) is 40.3 Å². The lowest BCUT2D eigenvalue weighted by atomic mass is 9.96. The van der Waals surface area contributed by atoms with Gasteiger partial charge in [-0.2, -0.15) is 0 Å². The van der Waals surface area contributed by atoms with Crippen LogP contribution in [0.15, 0.2) is 79.0 Å². The highest BCUT2D eigenvalue weighted by atomic mass is 32.2. The Morgan fingerprint density at radius 1 is 0.946 bits per heavy atom. The molecule has 0 aliphatic carbocycles. The van der Waals surface area contributed by atoms with Crippen LogP contribution in [-0.4, -0.2) is 29.3 Å². The number of aromatic nitrogens is 2. The molecule has 0 unspecified atom stereocenters. The molecule has 4 aromatic rings. The van der Waals surface area contributed by atoms with Gasteiger partial charge < -0.3 is 14.8 Å². The molecule has 0 radical (unpaired) electrons. The zero-order valence-electron chi connectivity index (χ0n) is 21.1. The van der Waals surface area contributed by atoms with Gasteiger partial charge in [0.1, 0.15) is 0 Å². The number of pyridine rings is 1. The van der Waals surface area contributed by atoms with Crippen molar-refractivity contribution in [3.8, 4) is 5.69 Å². The minimum absolute atomic E-state index is 0.166. The third kappa shape index (κ3) is 4.97. The predicted molar refractivity (Wildman–Crippen MR) is 153 cm³/mol. The molecular formula is C28H29N5O2S2. The highest BCUT2D eigenvalue weighted by Gasteiger charge is 2.42. The summed E-state index contributed by atoms with van der Waals surface area (Å²) in [5.41, 5.74) is 7.97. The first-order valence-corrected chi connectivity index (χ1v) is 14.3. The smallest absolute Gasteiger partial charge is 0.229 e. The quantitative estimate of drug-likeness (QED) is 0.327. The Kier molecular flexibility index (Phi) is 6.51. The molecule has 190 valence electrons. The molecule has 5 rings (SSSR count). The molecule has 1 fully saturated rings. The number of aryl methyl sites for hydroxylation is 2. The molecule has 0 saturated carbocycles. The second-order valence-corrected chi connectivity index (χ2v) is 11.6. The fraction of sp³-hybridized carbons (Fsp3) is 0.214. The number of anilines is 2. The summed E-state index contributed by atoms with van der Waals surface area (Å²) >= 11 is 5.86. The Morgan fingerprint density at radius 2 is 1.70 bits per heavy atom. The number of rotatable bonds is 6. The first kappa shape index (κ1) is 25.0. The van der Waals surface area contributed by atoms with E-state index in [1.54, 1.807) is 18.3 Å². The van der Waals surface area contributed by atoms with Crippen LogP contribution in [-0.2, 0) is 10.0 Å². The summed E-state index contributed by atoms with van der Waals surface area (Å²) < 4.78 is 28.2. The van der Waals surface area contributed by atoms with E-state index in [-0.39, 0.29) is 12.1 Å². The van der Waals surface area contributed by atoms with Crippen molar-refractivity contribution in [2.75, 3.05) is 15.9 Å². The zero-order valence-corrected chi connectivity index (χ0v) is 22.8. The van der Waals surface area contributed by atoms with Crippen molar-refractivity contribution in [1.29, 1.82) is 0 Å². The first-order valence-electron chi connectivity index (χ1n) is 12.0. The van der Waals surface area contributed by atoms with Crippen LogP contribution in [0.2, 0.25) is 0 Å². The van der Waals surface area contributed by atoms with Crippen LogP contribution < -0.4 is 14.9 Å². The van der Waals surface area contributed by atoms with Crippen LogP contribution >= 0.6 is 12.2 Å². The fourth-order valence-electron chi connectivity index (χ4n) is 5.10. The highest BCUT2D eigenvalue weighted by Crippen LogP contribution is 2.44. The SMILES string of the molecule is Cc1cccc(-n2c(C)cc([C@H]3[C@H](c4ccccn4)NC(=S)N3c3ccc(NS(C)(=O)=O)cc3)c2C)c1. The van der Waals surface area contributed by atoms with Crippen LogP contribution in [0.4, 0.5) is 11.4 Å². The van der Waals surface area contributed by atoms with Gasteiger partial charge in [0.2, 0.25) is 10.0 Å². The van der Waals surface area contributed by atoms with Gasteiger partial charge in [-0.1, -0.05) is 18.2 Å². The molecule has 7 nitrogen and oxygen atoms in total. The summed E-state index contributed by atoms with van der Waals surface area (Å²) in [6.07, 6.45) is 2.93. The maximum atomic E-state index is 11.7. The van der Waals surface area contributed by atoms with Crippen molar-refractivity contribution < 1.29 is 8.42 Å². The average Bonchev–Trinajstić information content (AvgIpc) is 3.34. The van der Waals surface area contributed by atoms with E-state index in [0.717, 1.165) is 40.3 Å². The van der Waals surface area contributed by atoms with Crippen molar-refractivity contribution in [1.82, 2.24) is 14.9 Å². The standard InChI is InChI=1S/C28H29N5O2S2/c1-18-8-7-9-23(16-18)32-19(2)17-24(20(32)3)27-26(25-10-5-6-15-29-25)30-28(36)33(27)22-13-11-21(12-14-22)31-37(4,34)35/h5-17,26-27,31H,1-4H3,(H,30,36)/t26-,27-/m0/s1. The van der Waals surface area contributed by atoms with Crippen molar-refractivity contribution in [2.24, 2.45) is 0 Å². The van der Waals surface area contributed by atoms with E-state index in [2.05, 4.69) is 75.6 Å². The van der Waals surface area contributed by atoms with Crippen LogP contribution in [0.25, 0.3) is 5.69 Å². The van der Waals surface area contributed by atoms with Gasteiger partial charge in [-0.3, -0.25) is 9.71 Å². The summed E-state index contributed by atoms with van der Waals surface area (Å²) in [6.45, 7) is 6.35. The fourth-order valence-corrected chi connectivity index (χ4v) is 6.01. The topological polar surface area (TPSA) is 79.3 Å². The van der Waals surface area contributed by atoms with Crippen LogP contribution in [0, 0.1) is 20.8 Å². The van der Waals surface area contributed by atoms with E-state index in [4.69, 9.17) is 12.2 Å². The van der Waals surface area contributed by atoms with Gasteiger partial charge in [0.15, 0.2) is 5.11 Å². The number of nitrogens with one attached hydrogen (secondary N) is 2. The van der Waals surface area contributed by atoms with Crippen molar-refractivity contribution in [3.63, 3.8) is 0 Å². The highest BCUT2D eigenvalue weighted by molar-refractivity contribution is 7.92. The maximum absolute atomic E-state index is 11.7. The summed E-state index contributed by atoms with van der Waals surface area (Å²) in [5.74, 6) is 0. The molecule has 3 heterocycles. The van der Waals surface area contributed by atoms with Crippen LogP contribution in [0.5, 0.6) is 0 Å². The molecule has 2 aromatic carbocycles. The number of thiocarbonyl (C=S) groups is 1. The molecule has 2 N–H and O–H groups in total. The third-order valence-electron chi connectivity index (χ3n) is 6.60. The lowest BCUT2D eigenvalue weighted by Crippen LogP contribution is -2.29. The predicted octanol–water partition coefficient (Wildman–Crippen LogP) is 5.35. The van der Waals surface area contributed by atoms with E-state index in [1.807, 2.05) is 30.3 Å². The van der Waals surface area contributed by atoms with E-state index >= 15 is 0 Å². The Bertz CT molecular complexity index is 1560. The van der Waals surface area contributed by atoms with Crippen LogP contribution in [0.3, 0.4) is 0 Å². The Balaban J connectivity index is 1.63. The normalized spacial score (nSPS) is 17.6. The van der Waals surface area contributed by atoms with E-state index in [9.17, 15) is 8.42 Å². The number of hydrogen-bond donors (Lipinski definition) is 2. The monoisotopic (exact) mass is 531 g/mol. The number of benzene rings is 2. The molecule has 9 heteroatoms. The van der Waals surface area contributed by atoms with Gasteiger partial charge in [-0.05, 0) is 98.7 Å². The minimum Gasteiger partial charge on any atom is -0.351 e. The summed E-state index contributed by atoms with van der Waals surface area (Å²) in [4.78, 5) is 6.75. The minimum atomic E-state index is -3.37. The molecule has 37 heavy (non-hydrogen) atoms. The lowest BCUT2D eigenvalue weighted by molar-refractivity contribution is 0.565. The Morgan fingerprint density at radius 3 is 2.35 bits per heavy atom. The third-order valence-corrected chi connectivity index (χ3v) is 7.52. The molecule has 1 saturated heterocycles. The molecule has 0 spiro atoms. The summed E-state index contributed by atoms with van der Waals surface area (Å²) in [7, 11) is -3.37. The van der Waals surface area contributed by atoms with Gasteiger partial charge in [-0.25, -0.2) is 8.42 Å². The van der Waals surface area contributed by atoms with Crippen molar-refractivity contribution >= 4 is 38.7 Å². The van der Waals surface area contributed by atoms with Gasteiger partial charge in [0.05, 0.1) is 24.0 Å². The van der Waals surface area contributed by atoms with Gasteiger partial charge in [0.25, 0.3) is 0 Å². The van der Waals surface area contributed by atoms with E-state index in [1.165, 1.54) is 5.56 Å². The Labute approximate surface area is 223 Å². The molecule has 0 amide bonds. The molecule has 1 aliphatic rings. The molecule has 1 aliphatic heterocycles. The van der Waals surface area contributed by atoms with E-state index < -0.39 is 10.0 Å². The maximum Gasteiger partial charge on any atom is 0.229 e. The number of nitrogens with zero attached hydrogens (tertiary/aromatic N) is 3. The lowest BCUT2D eigenvalue weighted by Gasteiger charge is -2.28. The molecule has 2 atom stereocenters. The molecule has 0 bridgehead atoms. The Hall–Kier alpha value is -3.69. The second kappa shape index (κ2) is 9.64. The number of sulfonamides is 1. The van der Waals surface area contributed by atoms with Crippen molar-refractivity contribution in [2.45, 2.75) is 32.9 Å². The van der Waals surface area contributed by atoms with Crippen molar-refractivity contribution in [3.05, 3.63) is 107 Å². The second-order valence-electron chi connectivity index (χ2n) is 9.42. The molecular weight excluding hydrogens is 502 g/mol. The zero-order chi connectivity index (χ0) is 26.3. The first-order chi connectivity index (χ1) is 17.6. The number of hydrogen-bond acceptors (Lipinski definition) is 4. The summed E-state index contributed by atoms with van der Waals surface area (Å²) in [6, 6.07) is 23.5. The van der Waals surface area contributed by atoms with Gasteiger partial charge >= 0.3 is 0 Å². The average molecular weight is 532 g/mol. The van der Waals surface area contributed by atoms with Gasteiger partial charge in [-0.15, -0.1) is 0 Å². The molecule has 2 aromatic heterocycles. The van der Waals surface area contributed by atoms with E-state index in [0.29, 0.717) is 10.8 Å².